The lowest BCUT2D eigenvalue weighted by Crippen LogP contribution is -2.58. The van der Waals surface area contributed by atoms with Gasteiger partial charge in [-0.05, 0) is 43.7 Å². The summed E-state index contributed by atoms with van der Waals surface area (Å²) >= 11 is 0. The zero-order valence-electron chi connectivity index (χ0n) is 15.2. The number of benzene rings is 1. The second kappa shape index (κ2) is 5.57. The Morgan fingerprint density at radius 3 is 2.67 bits per heavy atom. The van der Waals surface area contributed by atoms with Crippen LogP contribution in [0.4, 0.5) is 0 Å². The minimum absolute atomic E-state index is 0.0250. The first kappa shape index (κ1) is 16.1. The average Bonchev–Trinajstić information content (AvgIpc) is 3.10. The van der Waals surface area contributed by atoms with Gasteiger partial charge in [0, 0.05) is 5.92 Å². The summed E-state index contributed by atoms with van der Waals surface area (Å²) in [5, 5.41) is 0. The van der Waals surface area contributed by atoms with Crippen LogP contribution >= 0.6 is 0 Å². The van der Waals surface area contributed by atoms with Crippen molar-refractivity contribution in [2.75, 3.05) is 0 Å². The summed E-state index contributed by atoms with van der Waals surface area (Å²) in [7, 11) is 0. The molecule has 1 aliphatic carbocycles. The lowest BCUT2D eigenvalue weighted by molar-refractivity contribution is -0.204. The number of hydrogen-bond donors (Lipinski definition) is 0. The zero-order valence-corrected chi connectivity index (χ0v) is 15.2. The van der Waals surface area contributed by atoms with Crippen molar-refractivity contribution >= 4 is 0 Å². The molecule has 128 valence electrons. The van der Waals surface area contributed by atoms with E-state index < -0.39 is 0 Å². The summed E-state index contributed by atoms with van der Waals surface area (Å²) in [6.07, 6.45) is 6.98. The lowest BCUT2D eigenvalue weighted by Gasteiger charge is -2.51. The highest BCUT2D eigenvalue weighted by Gasteiger charge is 2.61. The van der Waals surface area contributed by atoms with E-state index in [4.69, 9.17) is 9.47 Å². The number of hydrogen-bond acceptors (Lipinski definition) is 2. The first-order chi connectivity index (χ1) is 11.5. The smallest absolute Gasteiger partial charge is 0.120 e. The second-order valence-electron chi connectivity index (χ2n) is 8.13. The molecule has 0 amide bonds. The molecule has 0 radical (unpaired) electrons. The summed E-state index contributed by atoms with van der Waals surface area (Å²) in [4.78, 5) is 0. The normalized spacial score (nSPS) is 37.4. The van der Waals surface area contributed by atoms with Gasteiger partial charge in [0.2, 0.25) is 0 Å². The highest BCUT2D eigenvalue weighted by Crippen LogP contribution is 2.57. The molecule has 3 aliphatic rings. The predicted molar refractivity (Wildman–Crippen MR) is 96.6 cm³/mol. The molecule has 4 rings (SSSR count). The largest absolute Gasteiger partial charge is 0.366 e. The van der Waals surface area contributed by atoms with Crippen molar-refractivity contribution in [2.45, 2.75) is 64.4 Å². The van der Waals surface area contributed by atoms with E-state index in [2.05, 4.69) is 64.1 Å². The van der Waals surface area contributed by atoms with E-state index in [9.17, 15) is 0 Å². The first-order valence-corrected chi connectivity index (χ1v) is 9.22. The molecule has 0 unspecified atom stereocenters. The van der Waals surface area contributed by atoms with Crippen LogP contribution in [-0.4, -0.2) is 17.3 Å². The Morgan fingerprint density at radius 2 is 1.96 bits per heavy atom. The molecule has 0 N–H and O–H groups in total. The monoisotopic (exact) mass is 324 g/mol. The van der Waals surface area contributed by atoms with Crippen LogP contribution < -0.4 is 0 Å². The standard InChI is InChI=1S/C22H28O2/c1-15(2)22-13-12-21(4,24-22)18-11-10-16(3)19(18)20(22)23-14-17-8-6-5-7-9-17/h5-9,12-13,15,18,20H,10-11,14H2,1-4H3/t18-,20+,21-,22-/m1/s1. The fourth-order valence-electron chi connectivity index (χ4n) is 4.86. The maximum atomic E-state index is 6.73. The van der Waals surface area contributed by atoms with Gasteiger partial charge in [-0.1, -0.05) is 61.9 Å². The molecule has 2 aliphatic heterocycles. The molecule has 1 saturated heterocycles. The maximum absolute atomic E-state index is 6.73. The number of fused-ring (bicyclic) bond motifs is 4. The number of ether oxygens (including phenoxy) is 2. The minimum atomic E-state index is -0.332. The summed E-state index contributed by atoms with van der Waals surface area (Å²) in [5.74, 6) is 0.835. The summed E-state index contributed by atoms with van der Waals surface area (Å²) in [6, 6.07) is 10.5. The third kappa shape index (κ3) is 2.23. The van der Waals surface area contributed by atoms with Crippen molar-refractivity contribution in [1.29, 1.82) is 0 Å². The predicted octanol–water partition coefficient (Wildman–Crippen LogP) is 5.05. The fraction of sp³-hybridized carbons (Fsp3) is 0.545. The molecular weight excluding hydrogens is 296 g/mol. The molecule has 4 atom stereocenters. The van der Waals surface area contributed by atoms with E-state index >= 15 is 0 Å². The second-order valence-corrected chi connectivity index (χ2v) is 8.13. The fourth-order valence-corrected chi connectivity index (χ4v) is 4.86. The molecule has 2 heteroatoms. The van der Waals surface area contributed by atoms with Gasteiger partial charge in [-0.3, -0.25) is 0 Å². The van der Waals surface area contributed by atoms with Gasteiger partial charge in [0.1, 0.15) is 11.7 Å². The van der Waals surface area contributed by atoms with Crippen LogP contribution in [0.25, 0.3) is 0 Å². The Hall–Kier alpha value is -1.38. The van der Waals surface area contributed by atoms with Gasteiger partial charge in [-0.25, -0.2) is 0 Å². The Labute approximate surface area is 145 Å². The summed E-state index contributed by atoms with van der Waals surface area (Å²) in [5.41, 5.74) is 3.75. The van der Waals surface area contributed by atoms with E-state index in [1.54, 1.807) is 0 Å². The summed E-state index contributed by atoms with van der Waals surface area (Å²) < 4.78 is 13.3. The van der Waals surface area contributed by atoms with Crippen molar-refractivity contribution in [3.05, 3.63) is 59.2 Å². The first-order valence-electron chi connectivity index (χ1n) is 9.22. The molecule has 1 aromatic carbocycles. The van der Waals surface area contributed by atoms with Crippen LogP contribution in [0.15, 0.2) is 53.6 Å². The van der Waals surface area contributed by atoms with Gasteiger partial charge in [0.25, 0.3) is 0 Å². The van der Waals surface area contributed by atoms with Gasteiger partial charge >= 0.3 is 0 Å². The van der Waals surface area contributed by atoms with Crippen LogP contribution in [-0.2, 0) is 16.1 Å². The Kier molecular flexibility index (Phi) is 3.74. The molecule has 0 aromatic heterocycles. The summed E-state index contributed by atoms with van der Waals surface area (Å²) in [6.45, 7) is 9.68. The highest BCUT2D eigenvalue weighted by molar-refractivity contribution is 5.42. The molecule has 1 fully saturated rings. The van der Waals surface area contributed by atoms with Crippen molar-refractivity contribution in [3.8, 4) is 0 Å². The van der Waals surface area contributed by atoms with Crippen LogP contribution in [0.5, 0.6) is 0 Å². The SMILES string of the molecule is CC1=C2[C@@H](CC1)[C@@]1(C)C=C[C@](C(C)C)(O1)[C@H]2OCc1ccccc1. The van der Waals surface area contributed by atoms with E-state index in [-0.39, 0.29) is 17.3 Å². The van der Waals surface area contributed by atoms with Crippen molar-refractivity contribution in [2.24, 2.45) is 11.8 Å². The topological polar surface area (TPSA) is 18.5 Å². The van der Waals surface area contributed by atoms with E-state index in [1.807, 2.05) is 6.07 Å². The quantitative estimate of drug-likeness (QED) is 0.721. The lowest BCUT2D eigenvalue weighted by atomic mass is 9.73. The minimum Gasteiger partial charge on any atom is -0.366 e. The average molecular weight is 324 g/mol. The van der Waals surface area contributed by atoms with Gasteiger partial charge < -0.3 is 9.47 Å². The molecule has 0 spiro atoms. The molecule has 1 aromatic rings. The zero-order chi connectivity index (χ0) is 16.9. The van der Waals surface area contributed by atoms with Crippen LogP contribution in [0, 0.1) is 11.8 Å². The van der Waals surface area contributed by atoms with E-state index in [0.29, 0.717) is 18.4 Å². The Morgan fingerprint density at radius 1 is 1.21 bits per heavy atom. The molecule has 2 bridgehead atoms. The van der Waals surface area contributed by atoms with Crippen LogP contribution in [0.1, 0.15) is 46.1 Å². The van der Waals surface area contributed by atoms with Crippen LogP contribution in [0.2, 0.25) is 0 Å². The number of allylic oxidation sites excluding steroid dienone is 1. The Bertz CT molecular complexity index is 687. The van der Waals surface area contributed by atoms with Crippen molar-refractivity contribution in [1.82, 2.24) is 0 Å². The third-order valence-corrected chi connectivity index (χ3v) is 6.29. The van der Waals surface area contributed by atoms with Crippen LogP contribution in [0.3, 0.4) is 0 Å². The molecule has 24 heavy (non-hydrogen) atoms. The third-order valence-electron chi connectivity index (χ3n) is 6.29. The van der Waals surface area contributed by atoms with Gasteiger partial charge in [0.05, 0.1) is 12.2 Å². The number of rotatable bonds is 4. The molecule has 0 saturated carbocycles. The maximum Gasteiger partial charge on any atom is 0.120 e. The molecule has 2 nitrogen and oxygen atoms in total. The highest BCUT2D eigenvalue weighted by atomic mass is 16.6. The van der Waals surface area contributed by atoms with Crippen molar-refractivity contribution in [3.63, 3.8) is 0 Å². The van der Waals surface area contributed by atoms with Gasteiger partial charge in [-0.15, -0.1) is 0 Å². The Balaban J connectivity index is 1.71. The van der Waals surface area contributed by atoms with E-state index in [1.165, 1.54) is 29.6 Å². The van der Waals surface area contributed by atoms with Crippen molar-refractivity contribution < 1.29 is 9.47 Å². The molecular formula is C22H28O2. The van der Waals surface area contributed by atoms with Gasteiger partial charge in [-0.2, -0.15) is 0 Å². The van der Waals surface area contributed by atoms with E-state index in [0.717, 1.165) is 0 Å². The van der Waals surface area contributed by atoms with Gasteiger partial charge in [0.15, 0.2) is 0 Å². The molecule has 2 heterocycles.